The van der Waals surface area contributed by atoms with E-state index in [4.69, 9.17) is 0 Å². The molecule has 2 aliphatic heterocycles. The second kappa shape index (κ2) is 8.06. The highest BCUT2D eigenvalue weighted by Crippen LogP contribution is 2.33. The molecule has 2 fully saturated rings. The molecular formula is C20H29F2N3O. The number of rotatable bonds is 4. The fourth-order valence-corrected chi connectivity index (χ4v) is 3.47. The molecule has 0 spiro atoms. The van der Waals surface area contributed by atoms with Crippen molar-refractivity contribution in [3.05, 3.63) is 36.9 Å². The van der Waals surface area contributed by atoms with Gasteiger partial charge in [0.25, 0.3) is 5.92 Å². The van der Waals surface area contributed by atoms with Crippen molar-refractivity contribution in [1.82, 2.24) is 4.90 Å². The molecule has 2 saturated heterocycles. The number of amides is 1. The maximum Gasteiger partial charge on any atom is 0.266 e. The van der Waals surface area contributed by atoms with E-state index >= 15 is 0 Å². The van der Waals surface area contributed by atoms with Crippen LogP contribution >= 0.6 is 0 Å². The summed E-state index contributed by atoms with van der Waals surface area (Å²) < 4.78 is 26.8. The van der Waals surface area contributed by atoms with Crippen LogP contribution in [0.2, 0.25) is 0 Å². The highest BCUT2D eigenvalue weighted by atomic mass is 19.3. The number of carbonyl (C=O) groups excluding carboxylic acids is 1. The molecule has 2 aliphatic rings. The van der Waals surface area contributed by atoms with E-state index in [0.717, 1.165) is 17.8 Å². The molecule has 26 heavy (non-hydrogen) atoms. The number of benzene rings is 1. The standard InChI is InChI=1S/C18H23F2N3O.C2H6/c1-3-16(24)23-9-7-17(2,12-23)21-14-5-4-6-15(11-14)22-10-8-18(19,20)13-22;1-2/h3-6,11,21H,1,7-10,12-13H2,2H3;1-2H3. The van der Waals surface area contributed by atoms with Crippen LogP contribution < -0.4 is 10.2 Å². The zero-order chi connectivity index (χ0) is 19.4. The van der Waals surface area contributed by atoms with Crippen LogP contribution in [-0.4, -0.2) is 48.4 Å². The zero-order valence-electron chi connectivity index (χ0n) is 15.9. The molecule has 4 nitrogen and oxygen atoms in total. The Morgan fingerprint density at radius 2 is 1.96 bits per heavy atom. The minimum atomic E-state index is -2.60. The molecule has 2 heterocycles. The summed E-state index contributed by atoms with van der Waals surface area (Å²) in [7, 11) is 0. The number of nitrogens with one attached hydrogen (secondary N) is 1. The largest absolute Gasteiger partial charge is 0.378 e. The monoisotopic (exact) mass is 365 g/mol. The van der Waals surface area contributed by atoms with Gasteiger partial charge in [0.15, 0.2) is 0 Å². The maximum atomic E-state index is 13.4. The van der Waals surface area contributed by atoms with Crippen molar-refractivity contribution in [1.29, 1.82) is 0 Å². The first-order valence-corrected chi connectivity index (χ1v) is 9.23. The Bertz CT molecular complexity index is 650. The number of hydrogen-bond donors (Lipinski definition) is 1. The van der Waals surface area contributed by atoms with E-state index in [1.54, 1.807) is 9.80 Å². The van der Waals surface area contributed by atoms with Gasteiger partial charge in [-0.2, -0.15) is 0 Å². The van der Waals surface area contributed by atoms with Crippen LogP contribution in [0.1, 0.15) is 33.6 Å². The van der Waals surface area contributed by atoms with Crippen LogP contribution in [0.5, 0.6) is 0 Å². The molecule has 1 unspecified atom stereocenters. The van der Waals surface area contributed by atoms with Gasteiger partial charge in [0.05, 0.1) is 12.1 Å². The van der Waals surface area contributed by atoms with Gasteiger partial charge in [-0.25, -0.2) is 8.78 Å². The average molecular weight is 365 g/mol. The molecule has 1 N–H and O–H groups in total. The SMILES string of the molecule is C=CC(=O)N1CCC(C)(Nc2cccc(N3CCC(F)(F)C3)c2)C1.CC. The van der Waals surface area contributed by atoms with Gasteiger partial charge in [0.1, 0.15) is 0 Å². The van der Waals surface area contributed by atoms with Crippen molar-refractivity contribution in [3.63, 3.8) is 0 Å². The van der Waals surface area contributed by atoms with Crippen molar-refractivity contribution in [2.75, 3.05) is 36.4 Å². The second-order valence-corrected chi connectivity index (χ2v) is 6.98. The molecule has 3 rings (SSSR count). The first-order valence-electron chi connectivity index (χ1n) is 9.23. The minimum absolute atomic E-state index is 0.0615. The van der Waals surface area contributed by atoms with Gasteiger partial charge in [-0.3, -0.25) is 4.79 Å². The second-order valence-electron chi connectivity index (χ2n) is 6.98. The van der Waals surface area contributed by atoms with Gasteiger partial charge in [-0.05, 0) is 37.6 Å². The number of likely N-dealkylation sites (tertiary alicyclic amines) is 1. The predicted molar refractivity (Wildman–Crippen MR) is 103 cm³/mol. The number of nitrogens with zero attached hydrogens (tertiary/aromatic N) is 2. The Kier molecular flexibility index (Phi) is 6.26. The molecule has 0 aliphatic carbocycles. The predicted octanol–water partition coefficient (Wildman–Crippen LogP) is 4.15. The first-order chi connectivity index (χ1) is 12.3. The van der Waals surface area contributed by atoms with Crippen LogP contribution in [0.25, 0.3) is 0 Å². The van der Waals surface area contributed by atoms with Crippen molar-refractivity contribution < 1.29 is 13.6 Å². The fourth-order valence-electron chi connectivity index (χ4n) is 3.47. The molecule has 0 saturated carbocycles. The average Bonchev–Trinajstić information content (AvgIpc) is 3.19. The molecule has 1 atom stereocenters. The molecule has 6 heteroatoms. The van der Waals surface area contributed by atoms with Crippen molar-refractivity contribution in [2.45, 2.75) is 45.1 Å². The van der Waals surface area contributed by atoms with Crippen molar-refractivity contribution in [2.24, 2.45) is 0 Å². The molecule has 144 valence electrons. The Balaban J connectivity index is 0.00000117. The van der Waals surface area contributed by atoms with Gasteiger partial charge < -0.3 is 15.1 Å². The summed E-state index contributed by atoms with van der Waals surface area (Å²) in [5.41, 5.74) is 1.46. The number of alkyl halides is 2. The Morgan fingerprint density at radius 3 is 2.58 bits per heavy atom. The lowest BCUT2D eigenvalue weighted by Gasteiger charge is -2.28. The van der Waals surface area contributed by atoms with Crippen molar-refractivity contribution >= 4 is 17.3 Å². The lowest BCUT2D eigenvalue weighted by Crippen LogP contribution is -2.39. The quantitative estimate of drug-likeness (QED) is 0.815. The number of anilines is 2. The van der Waals surface area contributed by atoms with E-state index in [1.807, 2.05) is 38.1 Å². The normalized spacial score (nSPS) is 24.0. The fraction of sp³-hybridized carbons (Fsp3) is 0.550. The summed E-state index contributed by atoms with van der Waals surface area (Å²) in [6.45, 7) is 11.0. The minimum Gasteiger partial charge on any atom is -0.378 e. The smallest absolute Gasteiger partial charge is 0.266 e. The first kappa shape index (κ1) is 20.2. The van der Waals surface area contributed by atoms with Gasteiger partial charge in [0, 0.05) is 37.4 Å². The van der Waals surface area contributed by atoms with E-state index in [0.29, 0.717) is 19.6 Å². The summed E-state index contributed by atoms with van der Waals surface area (Å²) in [6.07, 6.45) is 2.07. The molecular weight excluding hydrogens is 336 g/mol. The third-order valence-corrected chi connectivity index (χ3v) is 4.79. The molecule has 1 aromatic carbocycles. The topological polar surface area (TPSA) is 35.6 Å². The highest BCUT2D eigenvalue weighted by Gasteiger charge is 2.38. The zero-order valence-corrected chi connectivity index (χ0v) is 15.9. The maximum absolute atomic E-state index is 13.4. The molecule has 1 amide bonds. The summed E-state index contributed by atoms with van der Waals surface area (Å²) in [5, 5.41) is 3.47. The van der Waals surface area contributed by atoms with Gasteiger partial charge in [0.2, 0.25) is 5.91 Å². The van der Waals surface area contributed by atoms with Crippen LogP contribution in [0, 0.1) is 0 Å². The highest BCUT2D eigenvalue weighted by molar-refractivity contribution is 5.87. The number of hydrogen-bond acceptors (Lipinski definition) is 3. The summed E-state index contributed by atoms with van der Waals surface area (Å²) >= 11 is 0. The van der Waals surface area contributed by atoms with Crippen LogP contribution in [-0.2, 0) is 4.79 Å². The lowest BCUT2D eigenvalue weighted by atomic mass is 10.0. The molecule has 0 bridgehead atoms. The third kappa shape index (κ3) is 4.74. The Morgan fingerprint density at radius 1 is 1.23 bits per heavy atom. The van der Waals surface area contributed by atoms with Crippen molar-refractivity contribution in [3.8, 4) is 0 Å². The van der Waals surface area contributed by atoms with Gasteiger partial charge in [-0.15, -0.1) is 0 Å². The molecule has 1 aromatic rings. The Labute approximate surface area is 154 Å². The number of halogens is 2. The van der Waals surface area contributed by atoms with E-state index in [2.05, 4.69) is 18.8 Å². The van der Waals surface area contributed by atoms with Gasteiger partial charge >= 0.3 is 0 Å². The van der Waals surface area contributed by atoms with Gasteiger partial charge in [-0.1, -0.05) is 26.5 Å². The van der Waals surface area contributed by atoms with E-state index in [9.17, 15) is 13.6 Å². The number of carbonyl (C=O) groups is 1. The Hall–Kier alpha value is -2.11. The summed E-state index contributed by atoms with van der Waals surface area (Å²) in [4.78, 5) is 15.2. The molecule has 0 aromatic heterocycles. The van der Waals surface area contributed by atoms with E-state index in [1.165, 1.54) is 6.08 Å². The van der Waals surface area contributed by atoms with Crippen LogP contribution in [0.4, 0.5) is 20.2 Å². The van der Waals surface area contributed by atoms with E-state index < -0.39 is 5.92 Å². The van der Waals surface area contributed by atoms with Crippen LogP contribution in [0.15, 0.2) is 36.9 Å². The summed E-state index contributed by atoms with van der Waals surface area (Å²) in [6, 6.07) is 7.57. The van der Waals surface area contributed by atoms with Crippen LogP contribution in [0.3, 0.4) is 0 Å². The summed E-state index contributed by atoms with van der Waals surface area (Å²) in [5.74, 6) is -2.67. The third-order valence-electron chi connectivity index (χ3n) is 4.79. The van der Waals surface area contributed by atoms with E-state index in [-0.39, 0.29) is 24.4 Å². The molecule has 0 radical (unpaired) electrons. The lowest BCUT2D eigenvalue weighted by molar-refractivity contribution is -0.125.